The molecule has 0 aromatic rings. The van der Waals surface area contributed by atoms with Crippen LogP contribution in [0.1, 0.15) is 19.8 Å². The highest BCUT2D eigenvalue weighted by Crippen LogP contribution is 2.40. The van der Waals surface area contributed by atoms with Gasteiger partial charge in [0.15, 0.2) is 0 Å². The van der Waals surface area contributed by atoms with Gasteiger partial charge >= 0.3 is 0 Å². The van der Waals surface area contributed by atoms with Crippen molar-refractivity contribution >= 4 is 0 Å². The molecule has 2 aliphatic rings. The summed E-state index contributed by atoms with van der Waals surface area (Å²) < 4.78 is 0. The minimum atomic E-state index is 0.823. The molecule has 2 rings (SSSR count). The number of rotatable bonds is 0. The monoisotopic (exact) mass is 97.1 g/mol. The second kappa shape index (κ2) is 1.03. The highest BCUT2D eigenvalue weighted by molar-refractivity contribution is 5.01. The average molecular weight is 97.2 g/mol. The highest BCUT2D eigenvalue weighted by atomic mass is 15.0. The molecule has 40 valence electrons. The van der Waals surface area contributed by atoms with E-state index in [9.17, 15) is 0 Å². The van der Waals surface area contributed by atoms with Gasteiger partial charge in [0.2, 0.25) is 0 Å². The molecule has 1 nitrogen and oxygen atoms in total. The lowest BCUT2D eigenvalue weighted by atomic mass is 10.2. The highest BCUT2D eigenvalue weighted by Gasteiger charge is 2.43. The zero-order chi connectivity index (χ0) is 4.85. The van der Waals surface area contributed by atoms with Crippen molar-refractivity contribution in [3.63, 3.8) is 0 Å². The van der Waals surface area contributed by atoms with Crippen LogP contribution in [0.4, 0.5) is 0 Å². The van der Waals surface area contributed by atoms with E-state index in [0.29, 0.717) is 0 Å². The van der Waals surface area contributed by atoms with Gasteiger partial charge in [0, 0.05) is 12.1 Å². The summed E-state index contributed by atoms with van der Waals surface area (Å²) in [5, 5.41) is 3.49. The number of piperidine rings is 1. The Morgan fingerprint density at radius 3 is 2.57 bits per heavy atom. The van der Waals surface area contributed by atoms with Crippen molar-refractivity contribution in [3.05, 3.63) is 0 Å². The first-order chi connectivity index (χ1) is 3.36. The van der Waals surface area contributed by atoms with Gasteiger partial charge < -0.3 is 5.32 Å². The van der Waals surface area contributed by atoms with Gasteiger partial charge in [0.1, 0.15) is 0 Å². The van der Waals surface area contributed by atoms with Gasteiger partial charge in [-0.05, 0) is 25.7 Å². The molecule has 0 radical (unpaired) electrons. The molecule has 0 aromatic carbocycles. The van der Waals surface area contributed by atoms with Gasteiger partial charge in [-0.3, -0.25) is 0 Å². The van der Waals surface area contributed by atoms with Crippen molar-refractivity contribution in [1.29, 1.82) is 0 Å². The van der Waals surface area contributed by atoms with Crippen LogP contribution in [0.5, 0.6) is 0 Å². The predicted octanol–water partition coefficient (Wildman–Crippen LogP) is 0.757. The van der Waals surface area contributed by atoms with Crippen LogP contribution in [0.3, 0.4) is 0 Å². The van der Waals surface area contributed by atoms with Crippen molar-refractivity contribution in [1.82, 2.24) is 5.32 Å². The molecule has 1 N–H and O–H groups in total. The van der Waals surface area contributed by atoms with Crippen LogP contribution < -0.4 is 5.32 Å². The van der Waals surface area contributed by atoms with E-state index in [1.165, 1.54) is 12.8 Å². The van der Waals surface area contributed by atoms with Crippen LogP contribution in [0.25, 0.3) is 0 Å². The predicted molar refractivity (Wildman–Crippen MR) is 29.1 cm³/mol. The molecule has 1 saturated carbocycles. The van der Waals surface area contributed by atoms with E-state index in [4.69, 9.17) is 0 Å². The van der Waals surface area contributed by atoms with Crippen molar-refractivity contribution in [3.8, 4) is 0 Å². The summed E-state index contributed by atoms with van der Waals surface area (Å²) in [6, 6.07) is 1.76. The minimum absolute atomic E-state index is 0.823. The van der Waals surface area contributed by atoms with Gasteiger partial charge in [-0.25, -0.2) is 0 Å². The van der Waals surface area contributed by atoms with Crippen LogP contribution in [0.2, 0.25) is 0 Å². The lowest BCUT2D eigenvalue weighted by Gasteiger charge is -2.01. The lowest BCUT2D eigenvalue weighted by Crippen LogP contribution is -2.21. The van der Waals surface area contributed by atoms with Crippen LogP contribution in [-0.2, 0) is 0 Å². The maximum atomic E-state index is 3.49. The van der Waals surface area contributed by atoms with Gasteiger partial charge in [0.05, 0.1) is 0 Å². The number of hydrogen-bond donors (Lipinski definition) is 1. The van der Waals surface area contributed by atoms with Gasteiger partial charge in [-0.15, -0.1) is 0 Å². The average Bonchev–Trinajstić information content (AvgIpc) is 2.15. The molecule has 0 unspecified atom stereocenters. The molecule has 0 aromatic heterocycles. The van der Waals surface area contributed by atoms with E-state index in [1.807, 2.05) is 0 Å². The normalized spacial score (nSPS) is 57.0. The third-order valence-corrected chi connectivity index (χ3v) is 2.08. The van der Waals surface area contributed by atoms with Crippen LogP contribution in [0, 0.1) is 5.92 Å². The van der Waals surface area contributed by atoms with Crippen LogP contribution in [-0.4, -0.2) is 12.1 Å². The van der Waals surface area contributed by atoms with Crippen molar-refractivity contribution in [2.75, 3.05) is 0 Å². The molecule has 1 aliphatic heterocycles. The summed E-state index contributed by atoms with van der Waals surface area (Å²) in [4.78, 5) is 0. The summed E-state index contributed by atoms with van der Waals surface area (Å²) in [5.74, 6) is 1.08. The first-order valence-electron chi connectivity index (χ1n) is 3.12. The van der Waals surface area contributed by atoms with E-state index in [-0.39, 0.29) is 0 Å². The summed E-state index contributed by atoms with van der Waals surface area (Å²) in [7, 11) is 0. The topological polar surface area (TPSA) is 12.0 Å². The van der Waals surface area contributed by atoms with Gasteiger partial charge in [-0.1, -0.05) is 0 Å². The fourth-order valence-corrected chi connectivity index (χ4v) is 1.60. The van der Waals surface area contributed by atoms with E-state index in [0.717, 1.165) is 18.0 Å². The molecule has 1 heterocycles. The number of fused-ring (bicyclic) bond motifs is 1. The fraction of sp³-hybridized carbons (Fsp3) is 1.00. The van der Waals surface area contributed by atoms with Crippen molar-refractivity contribution in [2.24, 2.45) is 5.92 Å². The van der Waals surface area contributed by atoms with E-state index in [1.54, 1.807) is 0 Å². The smallest absolute Gasteiger partial charge is 0.0102 e. The zero-order valence-electron chi connectivity index (χ0n) is 4.65. The molecule has 1 saturated heterocycles. The number of hydrogen-bond acceptors (Lipinski definition) is 1. The maximum Gasteiger partial charge on any atom is 0.0102 e. The summed E-state index contributed by atoms with van der Waals surface area (Å²) in [6.07, 6.45) is 2.90. The molecule has 7 heavy (non-hydrogen) atoms. The maximum absolute atomic E-state index is 3.49. The van der Waals surface area contributed by atoms with Gasteiger partial charge in [0.25, 0.3) is 0 Å². The quantitative estimate of drug-likeness (QED) is 0.470. The Hall–Kier alpha value is -0.0400. The Bertz CT molecular complexity index is 80.2. The van der Waals surface area contributed by atoms with Gasteiger partial charge in [-0.2, -0.15) is 0 Å². The first-order valence-corrected chi connectivity index (χ1v) is 3.12. The molecule has 0 bridgehead atoms. The molecule has 1 aliphatic carbocycles. The van der Waals surface area contributed by atoms with Crippen molar-refractivity contribution < 1.29 is 0 Å². The molecule has 0 amide bonds. The number of nitrogens with one attached hydrogen (secondary N) is 1. The largest absolute Gasteiger partial charge is 0.311 e. The standard InChI is InChI=1S/C6H11N/c1-4-2-5-3-6(5)7-4/h4-7H,2-3H2,1H3/t4-,5+,6-/m1/s1. The van der Waals surface area contributed by atoms with Crippen LogP contribution >= 0.6 is 0 Å². The second-order valence-corrected chi connectivity index (χ2v) is 2.91. The lowest BCUT2D eigenvalue weighted by molar-refractivity contribution is 0.584. The fourth-order valence-electron chi connectivity index (χ4n) is 1.60. The summed E-state index contributed by atoms with van der Waals surface area (Å²) in [6.45, 7) is 2.27. The molecular weight excluding hydrogens is 86.1 g/mol. The van der Waals surface area contributed by atoms with E-state index >= 15 is 0 Å². The first kappa shape index (κ1) is 3.90. The summed E-state index contributed by atoms with van der Waals surface area (Å²) in [5.41, 5.74) is 0. The Labute approximate surface area is 44.1 Å². The van der Waals surface area contributed by atoms with Crippen molar-refractivity contribution in [2.45, 2.75) is 31.8 Å². The Morgan fingerprint density at radius 2 is 2.29 bits per heavy atom. The zero-order valence-corrected chi connectivity index (χ0v) is 4.65. The third-order valence-electron chi connectivity index (χ3n) is 2.08. The molecular formula is C6H11N. The molecule has 0 spiro atoms. The van der Waals surface area contributed by atoms with Crippen LogP contribution in [0.15, 0.2) is 0 Å². The third kappa shape index (κ3) is 0.480. The Morgan fingerprint density at radius 1 is 1.43 bits per heavy atom. The van der Waals surface area contributed by atoms with E-state index < -0.39 is 0 Å². The minimum Gasteiger partial charge on any atom is -0.311 e. The summed E-state index contributed by atoms with van der Waals surface area (Å²) >= 11 is 0. The van der Waals surface area contributed by atoms with E-state index in [2.05, 4.69) is 12.2 Å². The molecule has 3 atom stereocenters. The molecule has 1 heteroatoms. The Kier molecular flexibility index (Phi) is 0.571. The SMILES string of the molecule is C[C@@H]1C[C@H]2C[C@H]2N1. The second-order valence-electron chi connectivity index (χ2n) is 2.91. The Balaban J connectivity index is 2.02. The molecule has 2 fully saturated rings.